The number of ether oxygens (including phenoxy) is 1. The van der Waals surface area contributed by atoms with Crippen LogP contribution in [0.15, 0.2) is 60.8 Å². The fourth-order valence-corrected chi connectivity index (χ4v) is 4.90. The SMILES string of the molecule is Fc1ccccc1N1CCC(N[C@H]2COC[C@H]2Cc2ccnc3ccccc23)CC1. The summed E-state index contributed by atoms with van der Waals surface area (Å²) in [5, 5.41) is 5.10. The van der Waals surface area contributed by atoms with E-state index in [9.17, 15) is 4.39 Å². The van der Waals surface area contributed by atoms with E-state index < -0.39 is 0 Å². The Balaban J connectivity index is 1.21. The second kappa shape index (κ2) is 8.70. The molecule has 5 rings (SSSR count). The number of aromatic nitrogens is 1. The predicted octanol–water partition coefficient (Wildman–Crippen LogP) is 4.19. The lowest BCUT2D eigenvalue weighted by Gasteiger charge is -2.36. The van der Waals surface area contributed by atoms with Crippen molar-refractivity contribution in [3.8, 4) is 0 Å². The van der Waals surface area contributed by atoms with Gasteiger partial charge < -0.3 is 15.0 Å². The Morgan fingerprint density at radius 2 is 1.80 bits per heavy atom. The summed E-state index contributed by atoms with van der Waals surface area (Å²) in [6.07, 6.45) is 4.95. The molecular formula is C25H28FN3O. The molecule has 2 aliphatic heterocycles. The molecule has 4 nitrogen and oxygen atoms in total. The molecule has 0 spiro atoms. The zero-order chi connectivity index (χ0) is 20.3. The quantitative estimate of drug-likeness (QED) is 0.691. The Morgan fingerprint density at radius 3 is 2.67 bits per heavy atom. The highest BCUT2D eigenvalue weighted by atomic mass is 19.1. The lowest BCUT2D eigenvalue weighted by atomic mass is 9.92. The van der Waals surface area contributed by atoms with Gasteiger partial charge in [0, 0.05) is 42.7 Å². The number of halogens is 1. The highest BCUT2D eigenvalue weighted by molar-refractivity contribution is 5.81. The second-order valence-corrected chi connectivity index (χ2v) is 8.47. The third-order valence-corrected chi connectivity index (χ3v) is 6.56. The van der Waals surface area contributed by atoms with E-state index in [-0.39, 0.29) is 5.82 Å². The number of pyridine rings is 1. The first-order valence-electron chi connectivity index (χ1n) is 10.9. The summed E-state index contributed by atoms with van der Waals surface area (Å²) in [4.78, 5) is 6.66. The van der Waals surface area contributed by atoms with E-state index in [0.29, 0.717) is 18.0 Å². The van der Waals surface area contributed by atoms with Gasteiger partial charge in [-0.2, -0.15) is 0 Å². The van der Waals surface area contributed by atoms with Gasteiger partial charge in [0.25, 0.3) is 0 Å². The van der Waals surface area contributed by atoms with E-state index in [2.05, 4.69) is 39.5 Å². The summed E-state index contributed by atoms with van der Waals surface area (Å²) in [6.45, 7) is 3.32. The van der Waals surface area contributed by atoms with Crippen LogP contribution in [0.3, 0.4) is 0 Å². The maximum Gasteiger partial charge on any atom is 0.146 e. The molecule has 3 aromatic rings. The number of piperidine rings is 1. The number of rotatable bonds is 5. The first kappa shape index (κ1) is 19.5. The van der Waals surface area contributed by atoms with Crippen LogP contribution in [-0.4, -0.2) is 43.4 Å². The van der Waals surface area contributed by atoms with E-state index in [0.717, 1.165) is 56.8 Å². The largest absolute Gasteiger partial charge is 0.379 e. The van der Waals surface area contributed by atoms with Crippen LogP contribution in [0, 0.1) is 11.7 Å². The highest BCUT2D eigenvalue weighted by Crippen LogP contribution is 2.27. The van der Waals surface area contributed by atoms with Gasteiger partial charge in [-0.25, -0.2) is 4.39 Å². The molecule has 0 unspecified atom stereocenters. The Hall–Kier alpha value is -2.50. The fraction of sp³-hybridized carbons (Fsp3) is 0.400. The molecule has 2 atom stereocenters. The Bertz CT molecular complexity index is 997. The number of fused-ring (bicyclic) bond motifs is 1. The molecule has 0 aliphatic carbocycles. The molecule has 2 aliphatic rings. The van der Waals surface area contributed by atoms with Gasteiger partial charge in [-0.3, -0.25) is 4.98 Å². The average molecular weight is 406 g/mol. The molecule has 3 heterocycles. The highest BCUT2D eigenvalue weighted by Gasteiger charge is 2.31. The molecule has 1 N–H and O–H groups in total. The van der Waals surface area contributed by atoms with Gasteiger partial charge in [-0.1, -0.05) is 30.3 Å². The van der Waals surface area contributed by atoms with Gasteiger partial charge >= 0.3 is 0 Å². The molecule has 2 saturated heterocycles. The van der Waals surface area contributed by atoms with Gasteiger partial charge in [0.2, 0.25) is 0 Å². The number of nitrogens with zero attached hydrogens (tertiary/aromatic N) is 2. The normalized spacial score (nSPS) is 22.6. The lowest BCUT2D eigenvalue weighted by Crippen LogP contribution is -2.49. The number of hydrogen-bond acceptors (Lipinski definition) is 4. The number of para-hydroxylation sites is 2. The first-order chi connectivity index (χ1) is 14.8. The van der Waals surface area contributed by atoms with Crippen LogP contribution in [0.1, 0.15) is 18.4 Å². The van der Waals surface area contributed by atoms with Gasteiger partial charge in [0.1, 0.15) is 5.82 Å². The van der Waals surface area contributed by atoms with Crippen LogP contribution in [0.4, 0.5) is 10.1 Å². The van der Waals surface area contributed by atoms with Crippen LogP contribution in [-0.2, 0) is 11.2 Å². The van der Waals surface area contributed by atoms with Gasteiger partial charge in [0.15, 0.2) is 0 Å². The third kappa shape index (κ3) is 4.05. The Morgan fingerprint density at radius 1 is 1.00 bits per heavy atom. The van der Waals surface area contributed by atoms with Gasteiger partial charge in [0.05, 0.1) is 24.4 Å². The van der Waals surface area contributed by atoms with Crippen molar-refractivity contribution < 1.29 is 9.13 Å². The van der Waals surface area contributed by atoms with Crippen LogP contribution < -0.4 is 10.2 Å². The predicted molar refractivity (Wildman–Crippen MR) is 118 cm³/mol. The van der Waals surface area contributed by atoms with Crippen molar-refractivity contribution in [2.45, 2.75) is 31.3 Å². The monoisotopic (exact) mass is 405 g/mol. The van der Waals surface area contributed by atoms with Gasteiger partial charge in [-0.05, 0) is 49.1 Å². The summed E-state index contributed by atoms with van der Waals surface area (Å²) >= 11 is 0. The summed E-state index contributed by atoms with van der Waals surface area (Å²) < 4.78 is 20.0. The molecule has 0 amide bonds. The molecule has 30 heavy (non-hydrogen) atoms. The molecule has 156 valence electrons. The molecule has 0 radical (unpaired) electrons. The number of nitrogens with one attached hydrogen (secondary N) is 1. The van der Waals surface area contributed by atoms with Crippen molar-refractivity contribution in [2.75, 3.05) is 31.2 Å². The van der Waals surface area contributed by atoms with Crippen molar-refractivity contribution in [2.24, 2.45) is 5.92 Å². The number of benzene rings is 2. The van der Waals surface area contributed by atoms with Crippen LogP contribution in [0.2, 0.25) is 0 Å². The summed E-state index contributed by atoms with van der Waals surface area (Å²) in [5.74, 6) is 0.332. The van der Waals surface area contributed by atoms with Crippen molar-refractivity contribution in [3.05, 3.63) is 72.2 Å². The Kier molecular flexibility index (Phi) is 5.65. The van der Waals surface area contributed by atoms with Crippen LogP contribution in [0.25, 0.3) is 10.9 Å². The third-order valence-electron chi connectivity index (χ3n) is 6.56. The lowest BCUT2D eigenvalue weighted by molar-refractivity contribution is 0.181. The second-order valence-electron chi connectivity index (χ2n) is 8.47. The van der Waals surface area contributed by atoms with Gasteiger partial charge in [-0.15, -0.1) is 0 Å². The minimum absolute atomic E-state index is 0.127. The molecule has 0 bridgehead atoms. The molecule has 1 aromatic heterocycles. The molecule has 2 aromatic carbocycles. The average Bonchev–Trinajstić information content (AvgIpc) is 3.21. The van der Waals surface area contributed by atoms with E-state index >= 15 is 0 Å². The molecule has 5 heteroatoms. The van der Waals surface area contributed by atoms with Crippen molar-refractivity contribution in [1.29, 1.82) is 0 Å². The smallest absolute Gasteiger partial charge is 0.146 e. The molecular weight excluding hydrogens is 377 g/mol. The van der Waals surface area contributed by atoms with E-state index in [1.54, 1.807) is 12.1 Å². The van der Waals surface area contributed by atoms with E-state index in [1.165, 1.54) is 10.9 Å². The summed E-state index contributed by atoms with van der Waals surface area (Å²) in [5.41, 5.74) is 3.12. The maximum absolute atomic E-state index is 14.1. The minimum atomic E-state index is -0.127. The maximum atomic E-state index is 14.1. The zero-order valence-electron chi connectivity index (χ0n) is 17.1. The van der Waals surface area contributed by atoms with E-state index in [1.807, 2.05) is 24.4 Å². The molecule has 0 saturated carbocycles. The first-order valence-corrected chi connectivity index (χ1v) is 10.9. The van der Waals surface area contributed by atoms with Crippen LogP contribution >= 0.6 is 0 Å². The zero-order valence-corrected chi connectivity index (χ0v) is 17.1. The standard InChI is InChI=1S/C25H28FN3O/c26-22-6-2-4-8-25(22)29-13-10-20(11-14-29)28-24-17-30-16-19(24)15-18-9-12-27-23-7-3-1-5-21(18)23/h1-9,12,19-20,24,28H,10-11,13-17H2/t19-,24+/m1/s1. The summed E-state index contributed by atoms with van der Waals surface area (Å²) in [7, 11) is 0. The van der Waals surface area contributed by atoms with Crippen molar-refractivity contribution >= 4 is 16.6 Å². The molecule has 2 fully saturated rings. The Labute approximate surface area is 177 Å². The number of hydrogen-bond donors (Lipinski definition) is 1. The topological polar surface area (TPSA) is 37.4 Å². The van der Waals surface area contributed by atoms with E-state index in [4.69, 9.17) is 4.74 Å². The van der Waals surface area contributed by atoms with Crippen molar-refractivity contribution in [3.63, 3.8) is 0 Å². The number of anilines is 1. The fourth-order valence-electron chi connectivity index (χ4n) is 4.90. The summed E-state index contributed by atoms with van der Waals surface area (Å²) in [6, 6.07) is 18.4. The minimum Gasteiger partial charge on any atom is -0.379 e. The van der Waals surface area contributed by atoms with Crippen molar-refractivity contribution in [1.82, 2.24) is 10.3 Å². The van der Waals surface area contributed by atoms with Crippen LogP contribution in [0.5, 0.6) is 0 Å².